The average Bonchev–Trinajstić information content (AvgIpc) is 2.51. The van der Waals surface area contributed by atoms with Gasteiger partial charge in [0.15, 0.2) is 0 Å². The Hall–Kier alpha value is -1.85. The van der Waals surface area contributed by atoms with E-state index in [0.717, 1.165) is 16.9 Å². The maximum Gasteiger partial charge on any atom is 0.241 e. The van der Waals surface area contributed by atoms with E-state index in [4.69, 9.17) is 4.74 Å². The lowest BCUT2D eigenvalue weighted by Crippen LogP contribution is -2.27. The van der Waals surface area contributed by atoms with Crippen molar-refractivity contribution in [3.63, 3.8) is 0 Å². The van der Waals surface area contributed by atoms with Gasteiger partial charge in [-0.3, -0.25) is 0 Å². The van der Waals surface area contributed by atoms with E-state index in [-0.39, 0.29) is 6.04 Å². The second kappa shape index (κ2) is 7.15. The summed E-state index contributed by atoms with van der Waals surface area (Å²) in [6, 6.07) is 12.7. The minimum absolute atomic E-state index is 0.293. The van der Waals surface area contributed by atoms with Crippen LogP contribution in [0.25, 0.3) is 0 Å². The van der Waals surface area contributed by atoms with Crippen molar-refractivity contribution in [3.05, 3.63) is 59.2 Å². The molecular formula is C18H23NO3S. The first-order valence-electron chi connectivity index (χ1n) is 7.66. The van der Waals surface area contributed by atoms with Gasteiger partial charge in [-0.1, -0.05) is 30.3 Å². The monoisotopic (exact) mass is 333 g/mol. The smallest absolute Gasteiger partial charge is 0.241 e. The van der Waals surface area contributed by atoms with Crippen molar-refractivity contribution in [3.8, 4) is 5.75 Å². The summed E-state index contributed by atoms with van der Waals surface area (Å²) in [4.78, 5) is 0.293. The Kier molecular flexibility index (Phi) is 5.44. The number of rotatable bonds is 6. The summed E-state index contributed by atoms with van der Waals surface area (Å²) in [7, 11) is -3.60. The highest BCUT2D eigenvalue weighted by molar-refractivity contribution is 7.89. The molecule has 0 aromatic heterocycles. The van der Waals surface area contributed by atoms with Crippen LogP contribution in [0.1, 0.15) is 36.6 Å². The van der Waals surface area contributed by atoms with Crippen molar-refractivity contribution in [2.24, 2.45) is 0 Å². The van der Waals surface area contributed by atoms with Gasteiger partial charge in [-0.05, 0) is 56.5 Å². The van der Waals surface area contributed by atoms with Crippen molar-refractivity contribution in [1.82, 2.24) is 4.72 Å². The molecule has 1 N–H and O–H groups in total. The fourth-order valence-corrected chi connectivity index (χ4v) is 4.01. The highest BCUT2D eigenvalue weighted by Gasteiger charge is 2.21. The summed E-state index contributed by atoms with van der Waals surface area (Å²) in [5.41, 5.74) is 2.41. The normalized spacial score (nSPS) is 12.9. The number of nitrogens with one attached hydrogen (secondary N) is 1. The molecular weight excluding hydrogens is 310 g/mol. The largest absolute Gasteiger partial charge is 0.494 e. The molecule has 0 saturated carbocycles. The fourth-order valence-electron chi connectivity index (χ4n) is 2.47. The Morgan fingerprint density at radius 2 is 1.74 bits per heavy atom. The second-order valence-corrected chi connectivity index (χ2v) is 7.25. The van der Waals surface area contributed by atoms with Gasteiger partial charge in [0.25, 0.3) is 0 Å². The van der Waals surface area contributed by atoms with Crippen LogP contribution in [0, 0.1) is 13.8 Å². The number of hydrogen-bond donors (Lipinski definition) is 1. The van der Waals surface area contributed by atoms with Crippen LogP contribution in [-0.2, 0) is 10.0 Å². The molecule has 0 aliphatic carbocycles. The molecule has 0 spiro atoms. The molecule has 2 aromatic rings. The lowest BCUT2D eigenvalue weighted by atomic mass is 10.1. The predicted molar refractivity (Wildman–Crippen MR) is 92.3 cm³/mol. The minimum atomic E-state index is -3.60. The van der Waals surface area contributed by atoms with E-state index in [1.54, 1.807) is 19.1 Å². The third kappa shape index (κ3) is 4.12. The molecule has 0 heterocycles. The van der Waals surface area contributed by atoms with Crippen molar-refractivity contribution in [2.75, 3.05) is 6.61 Å². The summed E-state index contributed by atoms with van der Waals surface area (Å²) in [6.45, 7) is 7.93. The van der Waals surface area contributed by atoms with E-state index in [9.17, 15) is 8.42 Å². The number of sulfonamides is 1. The lowest BCUT2D eigenvalue weighted by Gasteiger charge is -2.17. The van der Waals surface area contributed by atoms with E-state index in [1.165, 1.54) is 0 Å². The van der Waals surface area contributed by atoms with Gasteiger partial charge < -0.3 is 4.74 Å². The third-order valence-corrected chi connectivity index (χ3v) is 5.38. The molecule has 5 heteroatoms. The summed E-state index contributed by atoms with van der Waals surface area (Å²) in [5, 5.41) is 0. The van der Waals surface area contributed by atoms with Crippen LogP contribution in [0.2, 0.25) is 0 Å². The van der Waals surface area contributed by atoms with Crippen molar-refractivity contribution in [1.29, 1.82) is 0 Å². The molecule has 2 rings (SSSR count). The van der Waals surface area contributed by atoms with E-state index in [0.29, 0.717) is 17.1 Å². The summed E-state index contributed by atoms with van der Waals surface area (Å²) < 4.78 is 33.7. The molecule has 0 fully saturated rings. The van der Waals surface area contributed by atoms with E-state index in [2.05, 4.69) is 4.72 Å². The number of ether oxygens (including phenoxy) is 1. The SMILES string of the molecule is CCOc1cc(C)c(S(=O)(=O)N[C@H](C)c2ccccc2)cc1C. The first-order chi connectivity index (χ1) is 10.8. The number of hydrogen-bond acceptors (Lipinski definition) is 3. The van der Waals surface area contributed by atoms with Crippen LogP contribution in [0.4, 0.5) is 0 Å². The molecule has 0 amide bonds. The molecule has 4 nitrogen and oxygen atoms in total. The summed E-state index contributed by atoms with van der Waals surface area (Å²) >= 11 is 0. The zero-order valence-electron chi connectivity index (χ0n) is 14.0. The maximum absolute atomic E-state index is 12.7. The Labute approximate surface area is 138 Å². The average molecular weight is 333 g/mol. The molecule has 0 radical (unpaired) electrons. The zero-order valence-corrected chi connectivity index (χ0v) is 14.8. The Balaban J connectivity index is 2.31. The Morgan fingerprint density at radius 3 is 2.35 bits per heavy atom. The second-order valence-electron chi connectivity index (χ2n) is 5.57. The fraction of sp³-hybridized carbons (Fsp3) is 0.333. The summed E-state index contributed by atoms with van der Waals surface area (Å²) in [5.74, 6) is 0.722. The quantitative estimate of drug-likeness (QED) is 0.876. The standard InChI is InChI=1S/C18H23NO3S/c1-5-22-17-11-14(3)18(12-13(17)2)23(20,21)19-15(4)16-9-7-6-8-10-16/h6-12,15,19H,5H2,1-4H3/t15-/m1/s1. The van der Waals surface area contributed by atoms with Crippen LogP contribution in [-0.4, -0.2) is 15.0 Å². The van der Waals surface area contributed by atoms with Gasteiger partial charge in [0.1, 0.15) is 5.75 Å². The number of benzene rings is 2. The van der Waals surface area contributed by atoms with Gasteiger partial charge in [0, 0.05) is 6.04 Å². The first kappa shape index (κ1) is 17.5. The van der Waals surface area contributed by atoms with Crippen molar-refractivity contribution >= 4 is 10.0 Å². The maximum atomic E-state index is 12.7. The van der Waals surface area contributed by atoms with E-state index >= 15 is 0 Å². The molecule has 0 aliphatic heterocycles. The van der Waals surface area contributed by atoms with Gasteiger partial charge in [-0.2, -0.15) is 0 Å². The van der Waals surface area contributed by atoms with Crippen LogP contribution in [0.5, 0.6) is 5.75 Å². The van der Waals surface area contributed by atoms with Crippen molar-refractivity contribution < 1.29 is 13.2 Å². The molecule has 1 atom stereocenters. The van der Waals surface area contributed by atoms with Crippen LogP contribution >= 0.6 is 0 Å². The topological polar surface area (TPSA) is 55.4 Å². The van der Waals surface area contributed by atoms with E-state index < -0.39 is 10.0 Å². The summed E-state index contributed by atoms with van der Waals surface area (Å²) in [6.07, 6.45) is 0. The van der Waals surface area contributed by atoms with E-state index in [1.807, 2.05) is 51.1 Å². The molecule has 0 saturated heterocycles. The minimum Gasteiger partial charge on any atom is -0.494 e. The van der Waals surface area contributed by atoms with Crippen LogP contribution in [0.3, 0.4) is 0 Å². The highest BCUT2D eigenvalue weighted by atomic mass is 32.2. The molecule has 0 bridgehead atoms. The van der Waals surface area contributed by atoms with Gasteiger partial charge >= 0.3 is 0 Å². The molecule has 124 valence electrons. The van der Waals surface area contributed by atoms with Gasteiger partial charge in [0.05, 0.1) is 11.5 Å². The van der Waals surface area contributed by atoms with Crippen molar-refractivity contribution in [2.45, 2.75) is 38.6 Å². The zero-order chi connectivity index (χ0) is 17.0. The molecule has 2 aromatic carbocycles. The first-order valence-corrected chi connectivity index (χ1v) is 9.14. The lowest BCUT2D eigenvalue weighted by molar-refractivity contribution is 0.337. The molecule has 0 unspecified atom stereocenters. The van der Waals surface area contributed by atoms with Crippen LogP contribution < -0.4 is 9.46 Å². The van der Waals surface area contributed by atoms with Gasteiger partial charge in [-0.25, -0.2) is 13.1 Å². The van der Waals surface area contributed by atoms with Gasteiger partial charge in [0.2, 0.25) is 10.0 Å². The third-order valence-electron chi connectivity index (χ3n) is 3.69. The molecule has 23 heavy (non-hydrogen) atoms. The highest BCUT2D eigenvalue weighted by Crippen LogP contribution is 2.27. The van der Waals surface area contributed by atoms with Crippen LogP contribution in [0.15, 0.2) is 47.4 Å². The number of aryl methyl sites for hydroxylation is 2. The van der Waals surface area contributed by atoms with Gasteiger partial charge in [-0.15, -0.1) is 0 Å². The predicted octanol–water partition coefficient (Wildman–Crippen LogP) is 3.74. The Bertz CT molecular complexity index is 770. The Morgan fingerprint density at radius 1 is 1.09 bits per heavy atom. The molecule has 0 aliphatic rings.